The Labute approximate surface area is 262 Å². The molecule has 1 amide bonds. The van der Waals surface area contributed by atoms with Gasteiger partial charge < -0.3 is 10.2 Å². The third kappa shape index (κ3) is 7.33. The number of nitro benzene ring substituents is 1. The highest BCUT2D eigenvalue weighted by atomic mass is 35.5. The fourth-order valence-electron chi connectivity index (χ4n) is 5.76. The number of piperazine rings is 1. The first-order valence-corrected chi connectivity index (χ1v) is 15.2. The Kier molecular flexibility index (Phi) is 9.85. The van der Waals surface area contributed by atoms with Crippen molar-refractivity contribution < 1.29 is 11.1 Å². The molecular weight excluding hydrogens is 599 g/mol. The van der Waals surface area contributed by atoms with Crippen LogP contribution in [-0.2, 0) is 13.1 Å². The number of non-ortho nitro benzene ring substituents is 1. The molecule has 3 heterocycles. The number of hydrogen-bond acceptors (Lipinski definition) is 7. The lowest BCUT2D eigenvalue weighted by Crippen LogP contribution is -2.57. The number of carbonyl (C=O) groups is 1. The maximum atomic E-state index is 12.7. The molecule has 12 heteroatoms. The Balaban J connectivity index is 0.00000423. The molecule has 0 saturated carbocycles. The molecule has 1 aromatic heterocycles. The van der Waals surface area contributed by atoms with E-state index in [4.69, 9.17) is 34.8 Å². The summed E-state index contributed by atoms with van der Waals surface area (Å²) in [5.41, 5.74) is 2.46. The van der Waals surface area contributed by atoms with Gasteiger partial charge in [0.1, 0.15) is 5.82 Å². The van der Waals surface area contributed by atoms with Gasteiger partial charge in [-0.3, -0.25) is 24.7 Å². The van der Waals surface area contributed by atoms with Gasteiger partial charge in [0.25, 0.3) is 11.6 Å². The average molecular weight is 634 g/mol. The van der Waals surface area contributed by atoms with E-state index < -0.39 is 0 Å². The first-order chi connectivity index (χ1) is 20.2. The summed E-state index contributed by atoms with van der Waals surface area (Å²) in [6.07, 6.45) is 3.75. The SMILES string of the molecule is C[C@@H]1CN(C2CCN(Cc3ccc([N+](=O)[O-])cc3)CC2)CCN1c1ncc(C(=O)NCc2ccc(Cl)c(Cl)c2)cc1Cl.[HH]. The minimum atomic E-state index is -0.365. The zero-order valence-corrected chi connectivity index (χ0v) is 25.6. The van der Waals surface area contributed by atoms with Gasteiger partial charge in [0.15, 0.2) is 0 Å². The summed E-state index contributed by atoms with van der Waals surface area (Å²) in [6.45, 7) is 7.94. The van der Waals surface area contributed by atoms with E-state index in [1.807, 2.05) is 18.2 Å². The fourth-order valence-corrected chi connectivity index (χ4v) is 6.35. The smallest absolute Gasteiger partial charge is 0.269 e. The molecular formula is C30H35Cl3N6O3. The number of carbonyl (C=O) groups excluding carboxylic acids is 1. The maximum Gasteiger partial charge on any atom is 0.269 e. The molecule has 5 rings (SSSR count). The Morgan fingerprint density at radius 1 is 1.00 bits per heavy atom. The number of pyridine rings is 1. The lowest BCUT2D eigenvalue weighted by molar-refractivity contribution is -0.384. The summed E-state index contributed by atoms with van der Waals surface area (Å²) in [7, 11) is 0. The second-order valence-electron chi connectivity index (χ2n) is 10.9. The fraction of sp³-hybridized carbons (Fsp3) is 0.400. The van der Waals surface area contributed by atoms with E-state index in [2.05, 4.69) is 31.9 Å². The van der Waals surface area contributed by atoms with Crippen LogP contribution < -0.4 is 10.2 Å². The first kappa shape index (κ1) is 30.5. The summed E-state index contributed by atoms with van der Waals surface area (Å²) in [5.74, 6) is 0.433. The molecule has 42 heavy (non-hydrogen) atoms. The number of halogens is 3. The van der Waals surface area contributed by atoms with Crippen LogP contribution in [-0.4, -0.2) is 70.4 Å². The zero-order chi connectivity index (χ0) is 29.8. The van der Waals surface area contributed by atoms with Crippen LogP contribution in [0.4, 0.5) is 11.5 Å². The van der Waals surface area contributed by atoms with Crippen molar-refractivity contribution in [3.05, 3.63) is 96.6 Å². The van der Waals surface area contributed by atoms with Gasteiger partial charge in [-0.05, 0) is 62.2 Å². The van der Waals surface area contributed by atoms with Crippen LogP contribution in [0.5, 0.6) is 0 Å². The molecule has 0 unspecified atom stereocenters. The lowest BCUT2D eigenvalue weighted by atomic mass is 10.00. The molecule has 1 N–H and O–H groups in total. The number of benzene rings is 2. The Morgan fingerprint density at radius 3 is 2.36 bits per heavy atom. The van der Waals surface area contributed by atoms with E-state index in [0.29, 0.717) is 39.0 Å². The number of piperidine rings is 1. The summed E-state index contributed by atoms with van der Waals surface area (Å²) >= 11 is 18.7. The molecule has 2 aromatic carbocycles. The number of nitrogens with zero attached hydrogens (tertiary/aromatic N) is 5. The monoisotopic (exact) mass is 632 g/mol. The number of anilines is 1. The minimum absolute atomic E-state index is 0. The summed E-state index contributed by atoms with van der Waals surface area (Å²) in [5, 5.41) is 15.1. The topological polar surface area (TPSA) is 94.8 Å². The molecule has 0 bridgehead atoms. The first-order valence-electron chi connectivity index (χ1n) is 14.0. The van der Waals surface area contributed by atoms with Crippen molar-refractivity contribution in [1.82, 2.24) is 20.1 Å². The molecule has 0 aliphatic carbocycles. The highest BCUT2D eigenvalue weighted by Crippen LogP contribution is 2.30. The van der Waals surface area contributed by atoms with E-state index >= 15 is 0 Å². The lowest BCUT2D eigenvalue weighted by Gasteiger charge is -2.46. The predicted molar refractivity (Wildman–Crippen MR) is 169 cm³/mol. The molecule has 9 nitrogen and oxygen atoms in total. The average Bonchev–Trinajstić information content (AvgIpc) is 2.98. The summed E-state index contributed by atoms with van der Waals surface area (Å²) in [4.78, 5) is 35.1. The van der Waals surface area contributed by atoms with Crippen LogP contribution in [0.2, 0.25) is 15.1 Å². The molecule has 0 radical (unpaired) electrons. The van der Waals surface area contributed by atoms with Gasteiger partial charge in [-0.15, -0.1) is 0 Å². The quantitative estimate of drug-likeness (QED) is 0.230. The molecule has 3 aromatic rings. The highest BCUT2D eigenvalue weighted by molar-refractivity contribution is 6.42. The highest BCUT2D eigenvalue weighted by Gasteiger charge is 2.32. The molecule has 0 spiro atoms. The minimum Gasteiger partial charge on any atom is -0.350 e. The summed E-state index contributed by atoms with van der Waals surface area (Å²) < 4.78 is 0. The van der Waals surface area contributed by atoms with Crippen molar-refractivity contribution in [2.24, 2.45) is 0 Å². The molecule has 2 aliphatic rings. The molecule has 2 fully saturated rings. The van der Waals surface area contributed by atoms with Crippen LogP contribution in [0.25, 0.3) is 0 Å². The van der Waals surface area contributed by atoms with Crippen molar-refractivity contribution in [2.45, 2.75) is 44.9 Å². The van der Waals surface area contributed by atoms with Gasteiger partial charge in [0, 0.05) is 64.6 Å². The van der Waals surface area contributed by atoms with Gasteiger partial charge in [0.2, 0.25) is 0 Å². The van der Waals surface area contributed by atoms with Crippen LogP contribution in [0.3, 0.4) is 0 Å². The van der Waals surface area contributed by atoms with Crippen molar-refractivity contribution in [3.8, 4) is 0 Å². The van der Waals surface area contributed by atoms with E-state index in [-0.39, 0.29) is 24.0 Å². The Bertz CT molecular complexity index is 1440. The van der Waals surface area contributed by atoms with Gasteiger partial charge in [-0.2, -0.15) is 0 Å². The van der Waals surface area contributed by atoms with E-state index in [1.165, 1.54) is 0 Å². The van der Waals surface area contributed by atoms with Gasteiger partial charge in [0.05, 0.1) is 25.6 Å². The standard InChI is InChI=1S/C30H33Cl3N6O3.H2/c1-20-18-37(24-8-10-36(11-9-24)19-21-2-5-25(6-3-21)39(41)42)12-13-38(20)29-28(33)15-23(17-34-29)30(40)35-16-22-4-7-26(31)27(32)14-22;/h2-7,14-15,17,20,24H,8-13,16,18-19H2,1H3,(H,35,40);1H/t20-;/m1./s1. The normalized spacial score (nSPS) is 18.7. The maximum absolute atomic E-state index is 12.7. The van der Waals surface area contributed by atoms with Gasteiger partial charge >= 0.3 is 0 Å². The number of amides is 1. The molecule has 224 valence electrons. The van der Waals surface area contributed by atoms with Crippen LogP contribution in [0, 0.1) is 10.1 Å². The number of aromatic nitrogens is 1. The van der Waals surface area contributed by atoms with E-state index in [0.717, 1.165) is 63.2 Å². The number of hydrogen-bond donors (Lipinski definition) is 1. The van der Waals surface area contributed by atoms with Crippen molar-refractivity contribution >= 4 is 52.2 Å². The Hall–Kier alpha value is -2.95. The van der Waals surface area contributed by atoms with Crippen molar-refractivity contribution in [2.75, 3.05) is 37.6 Å². The number of likely N-dealkylation sites (tertiary alicyclic amines) is 1. The van der Waals surface area contributed by atoms with Crippen molar-refractivity contribution in [1.29, 1.82) is 0 Å². The van der Waals surface area contributed by atoms with E-state index in [1.54, 1.807) is 36.5 Å². The van der Waals surface area contributed by atoms with Crippen LogP contribution in [0.15, 0.2) is 54.7 Å². The van der Waals surface area contributed by atoms with E-state index in [9.17, 15) is 14.9 Å². The molecule has 2 saturated heterocycles. The van der Waals surface area contributed by atoms with Crippen LogP contribution >= 0.6 is 34.8 Å². The largest absolute Gasteiger partial charge is 0.350 e. The third-order valence-corrected chi connectivity index (χ3v) is 9.10. The zero-order valence-electron chi connectivity index (χ0n) is 23.3. The number of nitro groups is 1. The Morgan fingerprint density at radius 2 is 1.71 bits per heavy atom. The predicted octanol–water partition coefficient (Wildman–Crippen LogP) is 6.30. The second-order valence-corrected chi connectivity index (χ2v) is 12.2. The van der Waals surface area contributed by atoms with Gasteiger partial charge in [-0.25, -0.2) is 4.98 Å². The molecule has 1 atom stereocenters. The van der Waals surface area contributed by atoms with Crippen molar-refractivity contribution in [3.63, 3.8) is 0 Å². The third-order valence-electron chi connectivity index (χ3n) is 8.08. The summed E-state index contributed by atoms with van der Waals surface area (Å²) in [6, 6.07) is 14.5. The number of rotatable bonds is 8. The second kappa shape index (κ2) is 13.6. The number of nitrogens with one attached hydrogen (secondary N) is 1. The van der Waals surface area contributed by atoms with Crippen LogP contribution in [0.1, 0.15) is 42.7 Å². The van der Waals surface area contributed by atoms with Gasteiger partial charge in [-0.1, -0.05) is 53.0 Å². The molecule has 2 aliphatic heterocycles.